The monoisotopic (exact) mass is 225 g/mol. The van der Waals surface area contributed by atoms with Crippen molar-refractivity contribution in [1.29, 1.82) is 0 Å². The molecule has 0 aliphatic heterocycles. The minimum absolute atomic E-state index is 0.101. The number of nitrogen functional groups attached to an aromatic ring is 1. The molecule has 1 aromatic heterocycles. The second-order valence-electron chi connectivity index (χ2n) is 3.58. The van der Waals surface area contributed by atoms with Gasteiger partial charge in [-0.25, -0.2) is 0 Å². The molecule has 1 aromatic rings. The first-order valence-electron chi connectivity index (χ1n) is 5.43. The molecule has 0 radical (unpaired) electrons. The van der Waals surface area contributed by atoms with Crippen molar-refractivity contribution in [2.75, 3.05) is 25.5 Å². The Labute approximate surface area is 95.6 Å². The van der Waals surface area contributed by atoms with Crippen LogP contribution in [0.3, 0.4) is 0 Å². The van der Waals surface area contributed by atoms with Crippen LogP contribution in [0.25, 0.3) is 0 Å². The van der Waals surface area contributed by atoms with Crippen LogP contribution in [0.5, 0.6) is 0 Å². The average molecular weight is 225 g/mol. The van der Waals surface area contributed by atoms with E-state index >= 15 is 0 Å². The number of amides is 1. The lowest BCUT2D eigenvalue weighted by Gasteiger charge is -2.05. The number of ether oxygens (including phenoxy) is 1. The molecule has 90 valence electrons. The molecule has 3 N–H and O–H groups in total. The molecule has 16 heavy (non-hydrogen) atoms. The van der Waals surface area contributed by atoms with Crippen LogP contribution in [0, 0.1) is 0 Å². The number of carbonyl (C=O) groups is 1. The number of rotatable bonds is 6. The number of aromatic nitrogens is 1. The highest BCUT2D eigenvalue weighted by Gasteiger charge is 2.09. The van der Waals surface area contributed by atoms with Gasteiger partial charge in [0.2, 0.25) is 0 Å². The molecule has 0 saturated heterocycles. The van der Waals surface area contributed by atoms with Gasteiger partial charge in [0.15, 0.2) is 0 Å². The average Bonchev–Trinajstić information content (AvgIpc) is 2.57. The molecule has 5 heteroatoms. The molecule has 0 saturated carbocycles. The minimum Gasteiger partial charge on any atom is -0.397 e. The number of hydrogen-bond donors (Lipinski definition) is 2. The Morgan fingerprint density at radius 3 is 2.94 bits per heavy atom. The fraction of sp³-hybridized carbons (Fsp3) is 0.545. The van der Waals surface area contributed by atoms with Crippen molar-refractivity contribution in [2.45, 2.75) is 13.3 Å². The fourth-order valence-corrected chi connectivity index (χ4v) is 1.43. The van der Waals surface area contributed by atoms with Gasteiger partial charge in [-0.3, -0.25) is 4.79 Å². The summed E-state index contributed by atoms with van der Waals surface area (Å²) in [5, 5.41) is 2.82. The Morgan fingerprint density at radius 1 is 1.62 bits per heavy atom. The Morgan fingerprint density at radius 2 is 2.38 bits per heavy atom. The van der Waals surface area contributed by atoms with Crippen molar-refractivity contribution >= 4 is 11.6 Å². The van der Waals surface area contributed by atoms with E-state index in [1.165, 1.54) is 0 Å². The van der Waals surface area contributed by atoms with Crippen molar-refractivity contribution < 1.29 is 9.53 Å². The Hall–Kier alpha value is -1.49. The zero-order chi connectivity index (χ0) is 12.0. The molecule has 0 fully saturated rings. The highest BCUT2D eigenvalue weighted by Crippen LogP contribution is 2.08. The standard InChI is InChI=1S/C11H19N3O2/c1-3-16-6-4-5-13-11(15)10-7-9(12)8-14(10)2/h7-8H,3-6,12H2,1-2H3,(H,13,15). The highest BCUT2D eigenvalue weighted by atomic mass is 16.5. The molecule has 0 spiro atoms. The summed E-state index contributed by atoms with van der Waals surface area (Å²) < 4.78 is 6.89. The van der Waals surface area contributed by atoms with Crippen molar-refractivity contribution in [3.05, 3.63) is 18.0 Å². The minimum atomic E-state index is -0.101. The van der Waals surface area contributed by atoms with Crippen LogP contribution in [-0.2, 0) is 11.8 Å². The predicted octanol–water partition coefficient (Wildman–Crippen LogP) is 0.764. The summed E-state index contributed by atoms with van der Waals surface area (Å²) in [5.74, 6) is -0.101. The molecular weight excluding hydrogens is 206 g/mol. The van der Waals surface area contributed by atoms with Gasteiger partial charge in [-0.15, -0.1) is 0 Å². The van der Waals surface area contributed by atoms with Crippen LogP contribution in [0.1, 0.15) is 23.8 Å². The number of aryl methyl sites for hydroxylation is 1. The van der Waals surface area contributed by atoms with E-state index in [1.54, 1.807) is 23.9 Å². The summed E-state index contributed by atoms with van der Waals surface area (Å²) in [6.07, 6.45) is 2.54. The summed E-state index contributed by atoms with van der Waals surface area (Å²) >= 11 is 0. The molecule has 0 aliphatic carbocycles. The zero-order valence-corrected chi connectivity index (χ0v) is 9.82. The van der Waals surface area contributed by atoms with Crippen molar-refractivity contribution in [1.82, 2.24) is 9.88 Å². The zero-order valence-electron chi connectivity index (χ0n) is 9.82. The number of hydrogen-bond acceptors (Lipinski definition) is 3. The van der Waals surface area contributed by atoms with E-state index in [0.29, 0.717) is 31.1 Å². The maximum absolute atomic E-state index is 11.7. The van der Waals surface area contributed by atoms with Gasteiger partial charge in [0, 0.05) is 33.0 Å². The quantitative estimate of drug-likeness (QED) is 0.702. The van der Waals surface area contributed by atoms with Gasteiger partial charge in [-0.05, 0) is 19.4 Å². The normalized spacial score (nSPS) is 10.4. The SMILES string of the molecule is CCOCCCNC(=O)c1cc(N)cn1C. The van der Waals surface area contributed by atoms with Crippen LogP contribution >= 0.6 is 0 Å². The van der Waals surface area contributed by atoms with Crippen LogP contribution in [0.2, 0.25) is 0 Å². The Balaban J connectivity index is 2.33. The van der Waals surface area contributed by atoms with E-state index in [9.17, 15) is 4.79 Å². The maximum atomic E-state index is 11.7. The van der Waals surface area contributed by atoms with E-state index in [1.807, 2.05) is 6.92 Å². The van der Waals surface area contributed by atoms with Gasteiger partial charge in [-0.1, -0.05) is 0 Å². The van der Waals surface area contributed by atoms with Crippen LogP contribution in [0.15, 0.2) is 12.3 Å². The molecule has 0 atom stereocenters. The van der Waals surface area contributed by atoms with Gasteiger partial charge < -0.3 is 20.4 Å². The molecule has 1 rings (SSSR count). The smallest absolute Gasteiger partial charge is 0.267 e. The second-order valence-corrected chi connectivity index (χ2v) is 3.58. The number of nitrogens with zero attached hydrogens (tertiary/aromatic N) is 1. The van der Waals surface area contributed by atoms with E-state index < -0.39 is 0 Å². The molecule has 5 nitrogen and oxygen atoms in total. The van der Waals surface area contributed by atoms with Crippen molar-refractivity contribution in [3.63, 3.8) is 0 Å². The van der Waals surface area contributed by atoms with Crippen molar-refractivity contribution in [2.24, 2.45) is 7.05 Å². The van der Waals surface area contributed by atoms with Crippen molar-refractivity contribution in [3.8, 4) is 0 Å². The fourth-order valence-electron chi connectivity index (χ4n) is 1.43. The molecule has 1 heterocycles. The summed E-state index contributed by atoms with van der Waals surface area (Å²) in [6, 6.07) is 1.66. The lowest BCUT2D eigenvalue weighted by Crippen LogP contribution is -2.26. The topological polar surface area (TPSA) is 69.3 Å². The lowest BCUT2D eigenvalue weighted by atomic mass is 10.3. The number of nitrogens with one attached hydrogen (secondary N) is 1. The van der Waals surface area contributed by atoms with E-state index in [0.717, 1.165) is 6.42 Å². The van der Waals surface area contributed by atoms with Gasteiger partial charge in [0.05, 0.1) is 5.69 Å². The molecule has 0 bridgehead atoms. The van der Waals surface area contributed by atoms with E-state index in [2.05, 4.69) is 5.32 Å². The summed E-state index contributed by atoms with van der Waals surface area (Å²) in [4.78, 5) is 11.7. The van der Waals surface area contributed by atoms with Gasteiger partial charge in [0.25, 0.3) is 5.91 Å². The second kappa shape index (κ2) is 6.17. The van der Waals surface area contributed by atoms with Gasteiger partial charge >= 0.3 is 0 Å². The summed E-state index contributed by atoms with van der Waals surface area (Å²) in [6.45, 7) is 3.95. The first-order valence-corrected chi connectivity index (χ1v) is 5.43. The number of carbonyl (C=O) groups excluding carboxylic acids is 1. The number of anilines is 1. The third-order valence-corrected chi connectivity index (χ3v) is 2.21. The predicted molar refractivity (Wildman–Crippen MR) is 63.3 cm³/mol. The molecular formula is C11H19N3O2. The Kier molecular flexibility index (Phi) is 4.85. The van der Waals surface area contributed by atoms with Gasteiger partial charge in [0.1, 0.15) is 5.69 Å². The largest absolute Gasteiger partial charge is 0.397 e. The summed E-state index contributed by atoms with van der Waals surface area (Å²) in [7, 11) is 1.80. The molecule has 0 aromatic carbocycles. The highest BCUT2D eigenvalue weighted by molar-refractivity contribution is 5.93. The first kappa shape index (κ1) is 12.6. The number of nitrogens with two attached hydrogens (primary N) is 1. The third kappa shape index (κ3) is 3.58. The Bertz CT molecular complexity index is 347. The summed E-state index contributed by atoms with van der Waals surface area (Å²) in [5.41, 5.74) is 6.77. The molecule has 0 aliphatic rings. The van der Waals surface area contributed by atoms with Crippen LogP contribution in [-0.4, -0.2) is 30.2 Å². The van der Waals surface area contributed by atoms with Crippen LogP contribution < -0.4 is 11.1 Å². The lowest BCUT2D eigenvalue weighted by molar-refractivity contribution is 0.0936. The third-order valence-electron chi connectivity index (χ3n) is 2.21. The maximum Gasteiger partial charge on any atom is 0.267 e. The first-order chi connectivity index (χ1) is 7.65. The van der Waals surface area contributed by atoms with E-state index in [4.69, 9.17) is 10.5 Å². The van der Waals surface area contributed by atoms with Crippen LogP contribution in [0.4, 0.5) is 5.69 Å². The molecule has 0 unspecified atom stereocenters. The van der Waals surface area contributed by atoms with Gasteiger partial charge in [-0.2, -0.15) is 0 Å². The van der Waals surface area contributed by atoms with E-state index in [-0.39, 0.29) is 5.91 Å². The molecule has 1 amide bonds.